The van der Waals surface area contributed by atoms with Gasteiger partial charge in [0.05, 0.1) is 6.04 Å². The summed E-state index contributed by atoms with van der Waals surface area (Å²) in [5.41, 5.74) is 5.57. The third kappa shape index (κ3) is 2.92. The zero-order chi connectivity index (χ0) is 11.6. The SMILES string of the molecule is CC1CN(C(C)(C)C)C(CCN)C(=O)N1. The Morgan fingerprint density at radius 3 is 2.60 bits per heavy atom. The average molecular weight is 213 g/mol. The van der Waals surface area contributed by atoms with Crippen LogP contribution in [0, 0.1) is 0 Å². The molecule has 3 N–H and O–H groups in total. The molecule has 0 bridgehead atoms. The lowest BCUT2D eigenvalue weighted by atomic mass is 9.96. The molecule has 0 radical (unpaired) electrons. The lowest BCUT2D eigenvalue weighted by molar-refractivity contribution is -0.134. The average Bonchev–Trinajstić information content (AvgIpc) is 2.07. The first-order valence-electron chi connectivity index (χ1n) is 5.63. The molecule has 0 aromatic heterocycles. The van der Waals surface area contributed by atoms with Gasteiger partial charge in [0.2, 0.25) is 5.91 Å². The van der Waals surface area contributed by atoms with Crippen LogP contribution in [0.15, 0.2) is 0 Å². The lowest BCUT2D eigenvalue weighted by Gasteiger charge is -2.46. The molecule has 1 rings (SSSR count). The second-order valence-electron chi connectivity index (χ2n) is 5.33. The molecule has 4 nitrogen and oxygen atoms in total. The van der Waals surface area contributed by atoms with Crippen molar-refractivity contribution < 1.29 is 4.79 Å². The van der Waals surface area contributed by atoms with Gasteiger partial charge >= 0.3 is 0 Å². The number of hydrogen-bond acceptors (Lipinski definition) is 3. The van der Waals surface area contributed by atoms with Crippen LogP contribution < -0.4 is 11.1 Å². The van der Waals surface area contributed by atoms with E-state index in [0.29, 0.717) is 6.54 Å². The predicted octanol–water partition coefficient (Wildman–Crippen LogP) is 0.323. The molecule has 0 aromatic carbocycles. The minimum atomic E-state index is -0.0637. The van der Waals surface area contributed by atoms with Gasteiger partial charge in [0.25, 0.3) is 0 Å². The van der Waals surface area contributed by atoms with E-state index < -0.39 is 0 Å². The van der Waals surface area contributed by atoms with Gasteiger partial charge < -0.3 is 11.1 Å². The lowest BCUT2D eigenvalue weighted by Crippen LogP contribution is -2.64. The molecule has 2 atom stereocenters. The van der Waals surface area contributed by atoms with Crippen LogP contribution in [0.3, 0.4) is 0 Å². The van der Waals surface area contributed by atoms with Gasteiger partial charge in [-0.15, -0.1) is 0 Å². The highest BCUT2D eigenvalue weighted by atomic mass is 16.2. The number of hydrogen-bond donors (Lipinski definition) is 2. The van der Waals surface area contributed by atoms with Gasteiger partial charge in [-0.25, -0.2) is 0 Å². The van der Waals surface area contributed by atoms with Crippen molar-refractivity contribution in [2.24, 2.45) is 5.73 Å². The van der Waals surface area contributed by atoms with Crippen molar-refractivity contribution in [3.05, 3.63) is 0 Å². The smallest absolute Gasteiger partial charge is 0.237 e. The van der Waals surface area contributed by atoms with Crippen molar-refractivity contribution >= 4 is 5.91 Å². The molecule has 88 valence electrons. The van der Waals surface area contributed by atoms with Gasteiger partial charge in [-0.3, -0.25) is 9.69 Å². The summed E-state index contributed by atoms with van der Waals surface area (Å²) in [6.45, 7) is 9.92. The molecule has 1 fully saturated rings. The van der Waals surface area contributed by atoms with Crippen LogP contribution in [0.1, 0.15) is 34.1 Å². The van der Waals surface area contributed by atoms with Crippen LogP contribution in [-0.4, -0.2) is 41.5 Å². The van der Waals surface area contributed by atoms with E-state index >= 15 is 0 Å². The number of piperazine rings is 1. The topological polar surface area (TPSA) is 58.4 Å². The minimum absolute atomic E-state index is 0.0197. The third-order valence-corrected chi connectivity index (χ3v) is 2.84. The molecule has 0 aliphatic carbocycles. The van der Waals surface area contributed by atoms with Gasteiger partial charge in [0, 0.05) is 18.1 Å². The molecule has 1 amide bonds. The van der Waals surface area contributed by atoms with Gasteiger partial charge in [-0.05, 0) is 40.7 Å². The molecule has 1 heterocycles. The molecule has 0 spiro atoms. The Balaban J connectivity index is 2.82. The first-order chi connectivity index (χ1) is 6.86. The monoisotopic (exact) mass is 213 g/mol. The maximum Gasteiger partial charge on any atom is 0.237 e. The molecular weight excluding hydrogens is 190 g/mol. The fourth-order valence-corrected chi connectivity index (χ4v) is 2.13. The highest BCUT2D eigenvalue weighted by molar-refractivity contribution is 5.83. The summed E-state index contributed by atoms with van der Waals surface area (Å²) < 4.78 is 0. The summed E-state index contributed by atoms with van der Waals surface area (Å²) in [5, 5.41) is 2.98. The van der Waals surface area contributed by atoms with Gasteiger partial charge in [0.1, 0.15) is 0 Å². The van der Waals surface area contributed by atoms with Crippen molar-refractivity contribution in [3.63, 3.8) is 0 Å². The summed E-state index contributed by atoms with van der Waals surface area (Å²) in [6.07, 6.45) is 0.732. The number of rotatable bonds is 2. The van der Waals surface area contributed by atoms with E-state index in [9.17, 15) is 4.79 Å². The Morgan fingerprint density at radius 2 is 2.13 bits per heavy atom. The maximum atomic E-state index is 11.8. The Labute approximate surface area is 92.2 Å². The van der Waals surface area contributed by atoms with E-state index in [2.05, 4.69) is 31.0 Å². The summed E-state index contributed by atoms with van der Waals surface area (Å²) in [5.74, 6) is 0.120. The molecule has 2 unspecified atom stereocenters. The molecule has 1 saturated heterocycles. The van der Waals surface area contributed by atoms with Crippen molar-refractivity contribution in [3.8, 4) is 0 Å². The highest BCUT2D eigenvalue weighted by Crippen LogP contribution is 2.22. The van der Waals surface area contributed by atoms with E-state index in [1.807, 2.05) is 6.92 Å². The van der Waals surface area contributed by atoms with Crippen molar-refractivity contribution in [2.45, 2.75) is 51.7 Å². The van der Waals surface area contributed by atoms with Gasteiger partial charge in [0.15, 0.2) is 0 Å². The summed E-state index contributed by atoms with van der Waals surface area (Å²) in [7, 11) is 0. The van der Waals surface area contributed by atoms with Crippen LogP contribution in [0.25, 0.3) is 0 Å². The summed E-state index contributed by atoms with van der Waals surface area (Å²) >= 11 is 0. The summed E-state index contributed by atoms with van der Waals surface area (Å²) in [6, 6.07) is 0.164. The fourth-order valence-electron chi connectivity index (χ4n) is 2.13. The third-order valence-electron chi connectivity index (χ3n) is 2.84. The van der Waals surface area contributed by atoms with Crippen LogP contribution >= 0.6 is 0 Å². The number of amides is 1. The molecule has 4 heteroatoms. The Bertz CT molecular complexity index is 234. The largest absolute Gasteiger partial charge is 0.351 e. The number of nitrogens with one attached hydrogen (secondary N) is 1. The van der Waals surface area contributed by atoms with Crippen LogP contribution in [0.4, 0.5) is 0 Å². The number of carbonyl (C=O) groups is 1. The minimum Gasteiger partial charge on any atom is -0.351 e. The zero-order valence-corrected chi connectivity index (χ0v) is 10.2. The predicted molar refractivity (Wildman–Crippen MR) is 61.5 cm³/mol. The highest BCUT2D eigenvalue weighted by Gasteiger charge is 2.37. The molecule has 15 heavy (non-hydrogen) atoms. The van der Waals surface area contributed by atoms with E-state index in [0.717, 1.165) is 13.0 Å². The quantitative estimate of drug-likeness (QED) is 0.694. The Hall–Kier alpha value is -0.610. The first-order valence-corrected chi connectivity index (χ1v) is 5.63. The number of nitrogens with zero attached hydrogens (tertiary/aromatic N) is 1. The molecular formula is C11H23N3O. The summed E-state index contributed by atoms with van der Waals surface area (Å²) in [4.78, 5) is 14.1. The zero-order valence-electron chi connectivity index (χ0n) is 10.2. The number of nitrogens with two attached hydrogens (primary N) is 1. The number of carbonyl (C=O) groups excluding carboxylic acids is 1. The second kappa shape index (κ2) is 4.49. The van der Waals surface area contributed by atoms with Crippen molar-refractivity contribution in [1.82, 2.24) is 10.2 Å². The Kier molecular flexibility index (Phi) is 3.73. The standard InChI is InChI=1S/C11H23N3O/c1-8-7-14(11(2,3)4)9(5-6-12)10(15)13-8/h8-9H,5-7,12H2,1-4H3,(H,13,15). The molecule has 0 aromatic rings. The van der Waals surface area contributed by atoms with Crippen LogP contribution in [-0.2, 0) is 4.79 Å². The fraction of sp³-hybridized carbons (Fsp3) is 0.909. The molecule has 1 aliphatic rings. The van der Waals surface area contributed by atoms with E-state index in [4.69, 9.17) is 5.73 Å². The second-order valence-corrected chi connectivity index (χ2v) is 5.33. The van der Waals surface area contributed by atoms with E-state index in [1.54, 1.807) is 0 Å². The van der Waals surface area contributed by atoms with E-state index in [1.165, 1.54) is 0 Å². The first kappa shape index (κ1) is 12.5. The molecule has 1 aliphatic heterocycles. The van der Waals surface area contributed by atoms with Crippen molar-refractivity contribution in [1.29, 1.82) is 0 Å². The van der Waals surface area contributed by atoms with Gasteiger partial charge in [-0.2, -0.15) is 0 Å². The van der Waals surface area contributed by atoms with Crippen molar-refractivity contribution in [2.75, 3.05) is 13.1 Å². The van der Waals surface area contributed by atoms with Crippen LogP contribution in [0.5, 0.6) is 0 Å². The Morgan fingerprint density at radius 1 is 1.53 bits per heavy atom. The molecule has 0 saturated carbocycles. The van der Waals surface area contributed by atoms with E-state index in [-0.39, 0.29) is 23.5 Å². The van der Waals surface area contributed by atoms with Gasteiger partial charge in [-0.1, -0.05) is 0 Å². The maximum absolute atomic E-state index is 11.8. The normalized spacial score (nSPS) is 29.0. The van der Waals surface area contributed by atoms with Crippen LogP contribution in [0.2, 0.25) is 0 Å².